The first-order chi connectivity index (χ1) is 12.0. The molecule has 1 aliphatic rings. The second-order valence-corrected chi connectivity index (χ2v) is 9.12. The molecule has 0 radical (unpaired) electrons. The molecule has 1 unspecified atom stereocenters. The van der Waals surface area contributed by atoms with Crippen molar-refractivity contribution < 1.29 is 17.6 Å². The van der Waals surface area contributed by atoms with Gasteiger partial charge in [-0.25, -0.2) is 12.8 Å². The summed E-state index contributed by atoms with van der Waals surface area (Å²) in [5, 5.41) is 1.30. The van der Waals surface area contributed by atoms with Crippen LogP contribution in [0.5, 0.6) is 0 Å². The third-order valence-electron chi connectivity index (χ3n) is 4.22. The van der Waals surface area contributed by atoms with Gasteiger partial charge in [-0.2, -0.15) is 0 Å². The van der Waals surface area contributed by atoms with Crippen molar-refractivity contribution in [3.8, 4) is 0 Å². The number of thiophene rings is 1. The minimum Gasteiger partial charge on any atom is -0.338 e. The fraction of sp³-hybridized carbons (Fsp3) is 0.278. The van der Waals surface area contributed by atoms with Crippen LogP contribution in [0.2, 0.25) is 0 Å². The summed E-state index contributed by atoms with van der Waals surface area (Å²) in [5.41, 5.74) is 0.328. The van der Waals surface area contributed by atoms with E-state index >= 15 is 0 Å². The Balaban J connectivity index is 1.72. The molecule has 0 N–H and O–H groups in total. The number of nitrogens with zero attached hydrogens (tertiary/aromatic N) is 1. The van der Waals surface area contributed by atoms with E-state index in [1.165, 1.54) is 34.5 Å². The molecule has 132 valence electrons. The van der Waals surface area contributed by atoms with Crippen molar-refractivity contribution in [3.63, 3.8) is 0 Å². The number of carbonyl (C=O) groups excluding carboxylic acids is 1. The number of halogens is 1. The quantitative estimate of drug-likeness (QED) is 0.769. The minimum atomic E-state index is -3.29. The van der Waals surface area contributed by atoms with E-state index in [2.05, 4.69) is 0 Å². The number of benzene rings is 1. The molecule has 0 spiro atoms. The van der Waals surface area contributed by atoms with Crippen LogP contribution in [0.4, 0.5) is 4.39 Å². The average molecular weight is 379 g/mol. The van der Waals surface area contributed by atoms with Gasteiger partial charge < -0.3 is 4.90 Å². The molecular weight excluding hydrogens is 361 g/mol. The first-order valence-corrected chi connectivity index (χ1v) is 10.5. The van der Waals surface area contributed by atoms with E-state index in [1.54, 1.807) is 18.2 Å². The lowest BCUT2D eigenvalue weighted by Crippen LogP contribution is -2.32. The van der Waals surface area contributed by atoms with Crippen LogP contribution in [-0.4, -0.2) is 38.1 Å². The van der Waals surface area contributed by atoms with Crippen LogP contribution in [0.3, 0.4) is 0 Å². The molecule has 1 aromatic heterocycles. The SMILES string of the molecule is O=C(/C=C/c1ccccc1F)N1CCC(c2cccs2)S(=O)(=O)CC1. The minimum absolute atomic E-state index is 0.0607. The Morgan fingerprint density at radius 1 is 1.20 bits per heavy atom. The summed E-state index contributed by atoms with van der Waals surface area (Å²) < 4.78 is 38.6. The van der Waals surface area contributed by atoms with Gasteiger partial charge in [0.1, 0.15) is 5.82 Å². The van der Waals surface area contributed by atoms with Gasteiger partial charge in [0.05, 0.1) is 11.0 Å². The van der Waals surface area contributed by atoms with E-state index in [-0.39, 0.29) is 18.2 Å². The predicted octanol–water partition coefficient (Wildman–Crippen LogP) is 3.29. The first-order valence-electron chi connectivity index (χ1n) is 7.94. The maximum absolute atomic E-state index is 13.6. The van der Waals surface area contributed by atoms with Crippen molar-refractivity contribution in [1.82, 2.24) is 4.90 Å². The first kappa shape index (κ1) is 17.8. The van der Waals surface area contributed by atoms with Crippen LogP contribution in [0.1, 0.15) is 22.1 Å². The molecule has 1 aliphatic heterocycles. The molecule has 1 fully saturated rings. The maximum Gasteiger partial charge on any atom is 0.246 e. The Kier molecular flexibility index (Phi) is 5.34. The van der Waals surface area contributed by atoms with Gasteiger partial charge in [-0.3, -0.25) is 4.79 Å². The zero-order valence-electron chi connectivity index (χ0n) is 13.5. The summed E-state index contributed by atoms with van der Waals surface area (Å²) in [6, 6.07) is 9.84. The van der Waals surface area contributed by atoms with E-state index in [0.717, 1.165) is 4.88 Å². The second-order valence-electron chi connectivity index (χ2n) is 5.84. The van der Waals surface area contributed by atoms with Gasteiger partial charge in [0.25, 0.3) is 0 Å². The predicted molar refractivity (Wildman–Crippen MR) is 97.5 cm³/mol. The Morgan fingerprint density at radius 3 is 2.72 bits per heavy atom. The molecule has 2 aromatic rings. The van der Waals surface area contributed by atoms with Crippen molar-refractivity contribution in [2.24, 2.45) is 0 Å². The van der Waals surface area contributed by atoms with Gasteiger partial charge >= 0.3 is 0 Å². The molecule has 3 rings (SSSR count). The highest BCUT2D eigenvalue weighted by atomic mass is 32.2. The van der Waals surface area contributed by atoms with Crippen LogP contribution in [-0.2, 0) is 14.6 Å². The molecule has 1 amide bonds. The summed E-state index contributed by atoms with van der Waals surface area (Å²) in [4.78, 5) is 14.7. The van der Waals surface area contributed by atoms with Crippen LogP contribution >= 0.6 is 11.3 Å². The van der Waals surface area contributed by atoms with Crippen molar-refractivity contribution in [2.45, 2.75) is 11.7 Å². The van der Waals surface area contributed by atoms with E-state index in [9.17, 15) is 17.6 Å². The lowest BCUT2D eigenvalue weighted by Gasteiger charge is -2.17. The number of sulfone groups is 1. The molecule has 2 heterocycles. The lowest BCUT2D eigenvalue weighted by atomic mass is 10.2. The van der Waals surface area contributed by atoms with Gasteiger partial charge in [-0.15, -0.1) is 11.3 Å². The summed E-state index contributed by atoms with van der Waals surface area (Å²) in [7, 11) is -3.29. The molecule has 1 saturated heterocycles. The number of hydrogen-bond donors (Lipinski definition) is 0. The third-order valence-corrected chi connectivity index (χ3v) is 7.47. The maximum atomic E-state index is 13.6. The summed E-state index contributed by atoms with van der Waals surface area (Å²) in [5.74, 6) is -0.762. The van der Waals surface area contributed by atoms with E-state index < -0.39 is 20.9 Å². The second kappa shape index (κ2) is 7.49. The standard InChI is InChI=1S/C18H18FNO3S2/c19-15-5-2-1-4-14(15)7-8-18(21)20-10-9-17(16-6-3-12-24-16)25(22,23)13-11-20/h1-8,12,17H,9-11,13H2/b8-7+. The van der Waals surface area contributed by atoms with Gasteiger partial charge in [0, 0.05) is 29.6 Å². The number of amides is 1. The van der Waals surface area contributed by atoms with Crippen molar-refractivity contribution in [3.05, 3.63) is 64.1 Å². The zero-order valence-corrected chi connectivity index (χ0v) is 15.1. The summed E-state index contributed by atoms with van der Waals surface area (Å²) in [6.07, 6.45) is 3.10. The van der Waals surface area contributed by atoms with Gasteiger partial charge in [0.2, 0.25) is 5.91 Å². The van der Waals surface area contributed by atoms with E-state index in [1.807, 2.05) is 17.5 Å². The number of rotatable bonds is 3. The van der Waals surface area contributed by atoms with Crippen molar-refractivity contribution >= 4 is 33.2 Å². The molecule has 0 saturated carbocycles. The highest BCUT2D eigenvalue weighted by Crippen LogP contribution is 2.32. The largest absolute Gasteiger partial charge is 0.338 e. The molecule has 1 aromatic carbocycles. The Morgan fingerprint density at radius 2 is 2.00 bits per heavy atom. The average Bonchev–Trinajstić information content (AvgIpc) is 3.05. The van der Waals surface area contributed by atoms with E-state index in [0.29, 0.717) is 18.5 Å². The Bertz CT molecular complexity index is 875. The monoisotopic (exact) mass is 379 g/mol. The van der Waals surface area contributed by atoms with Gasteiger partial charge in [0.15, 0.2) is 9.84 Å². The van der Waals surface area contributed by atoms with Gasteiger partial charge in [-0.05, 0) is 30.0 Å². The molecule has 0 bridgehead atoms. The summed E-state index contributed by atoms with van der Waals surface area (Å²) >= 11 is 1.42. The molecule has 4 nitrogen and oxygen atoms in total. The number of hydrogen-bond acceptors (Lipinski definition) is 4. The third kappa shape index (κ3) is 4.16. The van der Waals surface area contributed by atoms with Crippen molar-refractivity contribution in [1.29, 1.82) is 0 Å². The molecule has 1 atom stereocenters. The molecule has 0 aliphatic carbocycles. The van der Waals surface area contributed by atoms with Crippen LogP contribution < -0.4 is 0 Å². The van der Waals surface area contributed by atoms with Gasteiger partial charge in [-0.1, -0.05) is 24.3 Å². The summed E-state index contributed by atoms with van der Waals surface area (Å²) in [6.45, 7) is 0.521. The highest BCUT2D eigenvalue weighted by Gasteiger charge is 2.32. The zero-order chi connectivity index (χ0) is 17.9. The Labute approximate surface area is 150 Å². The molecule has 25 heavy (non-hydrogen) atoms. The highest BCUT2D eigenvalue weighted by molar-refractivity contribution is 7.91. The fourth-order valence-electron chi connectivity index (χ4n) is 2.83. The molecule has 7 heteroatoms. The smallest absolute Gasteiger partial charge is 0.246 e. The number of carbonyl (C=O) groups is 1. The lowest BCUT2D eigenvalue weighted by molar-refractivity contribution is -0.125. The van der Waals surface area contributed by atoms with Crippen LogP contribution in [0, 0.1) is 5.82 Å². The fourth-order valence-corrected chi connectivity index (χ4v) is 5.84. The van der Waals surface area contributed by atoms with Crippen LogP contribution in [0.25, 0.3) is 6.08 Å². The molecular formula is C18H18FNO3S2. The normalized spacial score (nSPS) is 20.5. The topological polar surface area (TPSA) is 54.5 Å². The van der Waals surface area contributed by atoms with Crippen LogP contribution in [0.15, 0.2) is 47.9 Å². The van der Waals surface area contributed by atoms with E-state index in [4.69, 9.17) is 0 Å². The van der Waals surface area contributed by atoms with Crippen molar-refractivity contribution in [2.75, 3.05) is 18.8 Å². The Hall–Kier alpha value is -1.99.